The Hall–Kier alpha value is -1.35. The second-order valence-electron chi connectivity index (χ2n) is 3.56. The van der Waals surface area contributed by atoms with Crippen molar-refractivity contribution in [3.8, 4) is 0 Å². The Morgan fingerprint density at radius 3 is 2.59 bits per heavy atom. The molecule has 0 aromatic heterocycles. The summed E-state index contributed by atoms with van der Waals surface area (Å²) in [5.74, 6) is -1.22. The van der Waals surface area contributed by atoms with E-state index in [0.717, 1.165) is 11.4 Å². The summed E-state index contributed by atoms with van der Waals surface area (Å²) in [6.45, 7) is 0.0727. The molecule has 8 nitrogen and oxygen atoms in total. The van der Waals surface area contributed by atoms with Gasteiger partial charge in [0.15, 0.2) is 0 Å². The minimum atomic E-state index is -4.16. The zero-order chi connectivity index (χ0) is 13.1. The van der Waals surface area contributed by atoms with E-state index in [0.29, 0.717) is 12.8 Å². The molecule has 98 valence electrons. The van der Waals surface area contributed by atoms with Crippen molar-refractivity contribution in [1.82, 2.24) is 9.03 Å². The van der Waals surface area contributed by atoms with E-state index in [2.05, 4.69) is 4.74 Å². The Kier molecular flexibility index (Phi) is 4.29. The van der Waals surface area contributed by atoms with Crippen LogP contribution in [0.3, 0.4) is 0 Å². The molecule has 9 heteroatoms. The zero-order valence-corrected chi connectivity index (χ0v) is 10.1. The molecule has 1 atom stereocenters. The van der Waals surface area contributed by atoms with Crippen molar-refractivity contribution in [2.24, 2.45) is 0 Å². The largest absolute Gasteiger partial charge is 0.480 e. The molecule has 1 heterocycles. The lowest BCUT2D eigenvalue weighted by Crippen LogP contribution is -2.53. The first kappa shape index (κ1) is 13.7. The summed E-state index contributed by atoms with van der Waals surface area (Å²) >= 11 is 0. The number of methoxy groups -OCH3 is 1. The summed E-state index contributed by atoms with van der Waals surface area (Å²) in [6, 6.07) is -1.13. The van der Waals surface area contributed by atoms with Crippen molar-refractivity contribution in [2.75, 3.05) is 13.7 Å². The number of rotatable bonds is 3. The van der Waals surface area contributed by atoms with Crippen LogP contribution in [0, 0.1) is 0 Å². The maximum atomic E-state index is 11.7. The summed E-state index contributed by atoms with van der Waals surface area (Å²) < 4.78 is 30.0. The van der Waals surface area contributed by atoms with Crippen LogP contribution in [0.15, 0.2) is 0 Å². The van der Waals surface area contributed by atoms with Crippen molar-refractivity contribution in [2.45, 2.75) is 25.3 Å². The number of ether oxygens (including phenoxy) is 1. The summed E-state index contributed by atoms with van der Waals surface area (Å²) in [4.78, 5) is 21.8. The first-order valence-electron chi connectivity index (χ1n) is 4.99. The standard InChI is InChI=1S/C8H14N2O6S/c1-16-8(13)9-17(14,15)10-5-3-2-4-6(10)7(11)12/h6H,2-5H2,1H3,(H,9,13)(H,11,12). The molecule has 1 rings (SSSR count). The minimum absolute atomic E-state index is 0.0727. The normalized spacial score (nSPS) is 21.8. The van der Waals surface area contributed by atoms with Crippen molar-refractivity contribution >= 4 is 22.3 Å². The van der Waals surface area contributed by atoms with Crippen LogP contribution in [-0.4, -0.2) is 49.6 Å². The number of nitrogens with zero attached hydrogens (tertiary/aromatic N) is 1. The molecule has 17 heavy (non-hydrogen) atoms. The van der Waals surface area contributed by atoms with Crippen molar-refractivity contribution in [3.05, 3.63) is 0 Å². The molecule has 1 fully saturated rings. The summed E-state index contributed by atoms with van der Waals surface area (Å²) in [5, 5.41) is 8.91. The van der Waals surface area contributed by atoms with Crippen LogP contribution in [0.2, 0.25) is 0 Å². The van der Waals surface area contributed by atoms with Gasteiger partial charge in [0.2, 0.25) is 0 Å². The number of piperidine rings is 1. The fourth-order valence-corrected chi connectivity index (χ4v) is 2.96. The van der Waals surface area contributed by atoms with Gasteiger partial charge in [-0.2, -0.15) is 12.7 Å². The van der Waals surface area contributed by atoms with Crippen LogP contribution >= 0.6 is 0 Å². The van der Waals surface area contributed by atoms with E-state index in [-0.39, 0.29) is 13.0 Å². The van der Waals surface area contributed by atoms with E-state index in [1.807, 2.05) is 0 Å². The zero-order valence-electron chi connectivity index (χ0n) is 9.25. The first-order valence-corrected chi connectivity index (χ1v) is 6.43. The molecule has 1 saturated heterocycles. The lowest BCUT2D eigenvalue weighted by molar-refractivity contribution is -0.142. The number of carbonyl (C=O) groups is 2. The SMILES string of the molecule is COC(=O)NS(=O)(=O)N1CCCCC1C(=O)O. The average molecular weight is 266 g/mol. The topological polar surface area (TPSA) is 113 Å². The molecular weight excluding hydrogens is 252 g/mol. The molecule has 0 saturated carbocycles. The highest BCUT2D eigenvalue weighted by Gasteiger charge is 2.37. The third-order valence-electron chi connectivity index (χ3n) is 2.45. The molecule has 0 aromatic rings. The molecule has 1 unspecified atom stereocenters. The van der Waals surface area contributed by atoms with Crippen LogP contribution in [0.5, 0.6) is 0 Å². The maximum Gasteiger partial charge on any atom is 0.421 e. The predicted molar refractivity (Wildman–Crippen MR) is 56.4 cm³/mol. The fourth-order valence-electron chi connectivity index (χ4n) is 1.65. The van der Waals surface area contributed by atoms with Gasteiger partial charge in [-0.05, 0) is 19.3 Å². The second kappa shape index (κ2) is 5.32. The van der Waals surface area contributed by atoms with Crippen molar-refractivity contribution < 1.29 is 27.9 Å². The molecule has 0 bridgehead atoms. The highest BCUT2D eigenvalue weighted by molar-refractivity contribution is 7.87. The van der Waals surface area contributed by atoms with Gasteiger partial charge < -0.3 is 9.84 Å². The number of carbonyl (C=O) groups excluding carboxylic acids is 1. The monoisotopic (exact) mass is 266 g/mol. The van der Waals surface area contributed by atoms with Gasteiger partial charge in [-0.3, -0.25) is 4.79 Å². The molecule has 0 aromatic carbocycles. The number of nitrogens with one attached hydrogen (secondary N) is 1. The van der Waals surface area contributed by atoms with Gasteiger partial charge in [0.05, 0.1) is 7.11 Å². The Bertz CT molecular complexity index is 406. The van der Waals surface area contributed by atoms with Crippen LogP contribution < -0.4 is 4.72 Å². The third-order valence-corrected chi connectivity index (χ3v) is 3.92. The summed E-state index contributed by atoms with van der Waals surface area (Å²) in [7, 11) is -3.14. The van der Waals surface area contributed by atoms with Gasteiger partial charge in [0.1, 0.15) is 6.04 Å². The van der Waals surface area contributed by atoms with Crippen molar-refractivity contribution in [3.63, 3.8) is 0 Å². The number of aliphatic carboxylic acids is 1. The Morgan fingerprint density at radius 1 is 1.41 bits per heavy atom. The molecule has 0 aliphatic carbocycles. The smallest absolute Gasteiger partial charge is 0.421 e. The van der Waals surface area contributed by atoms with Gasteiger partial charge in [-0.25, -0.2) is 9.52 Å². The van der Waals surface area contributed by atoms with E-state index < -0.39 is 28.3 Å². The van der Waals surface area contributed by atoms with E-state index in [1.54, 1.807) is 4.72 Å². The molecule has 1 aliphatic heterocycles. The lowest BCUT2D eigenvalue weighted by Gasteiger charge is -2.31. The van der Waals surface area contributed by atoms with E-state index in [9.17, 15) is 18.0 Å². The average Bonchev–Trinajstić information content (AvgIpc) is 2.28. The lowest BCUT2D eigenvalue weighted by atomic mass is 10.1. The quantitative estimate of drug-likeness (QED) is 0.713. The Morgan fingerprint density at radius 2 is 2.06 bits per heavy atom. The molecular formula is C8H14N2O6S. The Labute approximate surface area is 98.7 Å². The Balaban J connectivity index is 2.87. The second-order valence-corrected chi connectivity index (χ2v) is 5.18. The van der Waals surface area contributed by atoms with Crippen LogP contribution in [0.1, 0.15) is 19.3 Å². The number of carboxylic acid groups (broad SMARTS) is 1. The molecule has 0 spiro atoms. The van der Waals surface area contributed by atoms with E-state index in [4.69, 9.17) is 5.11 Å². The van der Waals surface area contributed by atoms with Crippen LogP contribution in [0.4, 0.5) is 4.79 Å². The maximum absolute atomic E-state index is 11.7. The highest BCUT2D eigenvalue weighted by atomic mass is 32.2. The number of hydrogen-bond donors (Lipinski definition) is 2. The van der Waals surface area contributed by atoms with Gasteiger partial charge >= 0.3 is 22.3 Å². The number of amides is 1. The predicted octanol–water partition coefficient (Wildman–Crippen LogP) is -0.474. The molecule has 2 N–H and O–H groups in total. The molecule has 0 radical (unpaired) electrons. The highest BCUT2D eigenvalue weighted by Crippen LogP contribution is 2.19. The van der Waals surface area contributed by atoms with Crippen LogP contribution in [-0.2, 0) is 19.7 Å². The van der Waals surface area contributed by atoms with Crippen molar-refractivity contribution in [1.29, 1.82) is 0 Å². The molecule has 1 amide bonds. The van der Waals surface area contributed by atoms with Crippen LogP contribution in [0.25, 0.3) is 0 Å². The fraction of sp³-hybridized carbons (Fsp3) is 0.750. The van der Waals surface area contributed by atoms with E-state index in [1.165, 1.54) is 0 Å². The summed E-state index contributed by atoms with van der Waals surface area (Å²) in [6.07, 6.45) is 0.296. The van der Waals surface area contributed by atoms with Gasteiger partial charge in [-0.1, -0.05) is 0 Å². The third kappa shape index (κ3) is 3.30. The summed E-state index contributed by atoms with van der Waals surface area (Å²) in [5.41, 5.74) is 0. The van der Waals surface area contributed by atoms with Gasteiger partial charge in [0.25, 0.3) is 0 Å². The number of hydrogen-bond acceptors (Lipinski definition) is 5. The van der Waals surface area contributed by atoms with Gasteiger partial charge in [-0.15, -0.1) is 0 Å². The first-order chi connectivity index (χ1) is 7.88. The minimum Gasteiger partial charge on any atom is -0.480 e. The van der Waals surface area contributed by atoms with Gasteiger partial charge in [0, 0.05) is 6.54 Å². The van der Waals surface area contributed by atoms with E-state index >= 15 is 0 Å². The molecule has 1 aliphatic rings. The number of carboxylic acids is 1.